The van der Waals surface area contributed by atoms with Gasteiger partial charge in [0, 0.05) is 37.1 Å². The molecule has 3 aromatic rings. The number of piperidine rings is 1. The number of imidazole rings is 1. The fourth-order valence-electron chi connectivity index (χ4n) is 3.73. The zero-order valence-electron chi connectivity index (χ0n) is 15.6. The summed E-state index contributed by atoms with van der Waals surface area (Å²) < 4.78 is 2.00. The average Bonchev–Trinajstić information content (AvgIpc) is 3.15. The summed E-state index contributed by atoms with van der Waals surface area (Å²) >= 11 is 0. The van der Waals surface area contributed by atoms with Crippen LogP contribution in [0.15, 0.2) is 60.9 Å². The van der Waals surface area contributed by atoms with Crippen LogP contribution in [0.2, 0.25) is 0 Å². The molecule has 4 rings (SSSR count). The van der Waals surface area contributed by atoms with Crippen LogP contribution in [0.4, 0.5) is 0 Å². The Morgan fingerprint density at radius 3 is 2.56 bits per heavy atom. The molecule has 0 spiro atoms. The Hall–Kier alpha value is -2.95. The first-order chi connectivity index (χ1) is 13.2. The molecule has 1 aromatic carbocycles. The number of aromatic nitrogens is 3. The first-order valence-corrected chi connectivity index (χ1v) is 9.49. The number of benzene rings is 1. The maximum Gasteiger partial charge on any atom is 0.226 e. The molecule has 3 heterocycles. The van der Waals surface area contributed by atoms with E-state index in [-0.39, 0.29) is 5.91 Å². The molecular formula is C22H24N4O. The second-order valence-electron chi connectivity index (χ2n) is 7.08. The lowest BCUT2D eigenvalue weighted by Gasteiger charge is -2.32. The highest BCUT2D eigenvalue weighted by molar-refractivity contribution is 5.78. The Morgan fingerprint density at radius 1 is 1.07 bits per heavy atom. The minimum atomic E-state index is 0.218. The summed E-state index contributed by atoms with van der Waals surface area (Å²) in [6.07, 6.45) is 6.13. The van der Waals surface area contributed by atoms with E-state index < -0.39 is 0 Å². The first-order valence-electron chi connectivity index (χ1n) is 9.49. The highest BCUT2D eigenvalue weighted by atomic mass is 16.2. The van der Waals surface area contributed by atoms with Gasteiger partial charge in [-0.15, -0.1) is 0 Å². The standard InChI is InChI=1S/C22H24N4O/c1-17-23-12-15-26(17)21-9-5-8-20(24-21)19-10-13-25(14-11-19)22(27)16-18-6-3-2-4-7-18/h2-9,12,15,19H,10-11,13-14,16H2,1H3. The van der Waals surface area contributed by atoms with Crippen molar-refractivity contribution in [2.75, 3.05) is 13.1 Å². The number of hydrogen-bond acceptors (Lipinski definition) is 3. The Balaban J connectivity index is 1.39. The van der Waals surface area contributed by atoms with Crippen LogP contribution in [0.3, 0.4) is 0 Å². The summed E-state index contributed by atoms with van der Waals surface area (Å²) in [7, 11) is 0. The molecule has 0 atom stereocenters. The van der Waals surface area contributed by atoms with Gasteiger partial charge >= 0.3 is 0 Å². The van der Waals surface area contributed by atoms with Crippen molar-refractivity contribution in [2.24, 2.45) is 0 Å². The van der Waals surface area contributed by atoms with Gasteiger partial charge in [-0.3, -0.25) is 9.36 Å². The van der Waals surface area contributed by atoms with E-state index in [0.717, 1.165) is 48.8 Å². The highest BCUT2D eigenvalue weighted by Crippen LogP contribution is 2.27. The summed E-state index contributed by atoms with van der Waals surface area (Å²) in [4.78, 5) is 23.7. The molecule has 1 amide bonds. The van der Waals surface area contributed by atoms with Crippen LogP contribution in [-0.4, -0.2) is 38.4 Å². The summed E-state index contributed by atoms with van der Waals surface area (Å²) in [5, 5.41) is 0. The number of likely N-dealkylation sites (tertiary alicyclic amines) is 1. The van der Waals surface area contributed by atoms with Gasteiger partial charge in [-0.05, 0) is 37.5 Å². The predicted octanol–water partition coefficient (Wildman–Crippen LogP) is 3.52. The van der Waals surface area contributed by atoms with Crippen LogP contribution in [0.5, 0.6) is 0 Å². The molecule has 5 nitrogen and oxygen atoms in total. The van der Waals surface area contributed by atoms with Crippen LogP contribution < -0.4 is 0 Å². The Kier molecular flexibility index (Phi) is 5.01. The lowest BCUT2D eigenvalue weighted by atomic mass is 9.92. The minimum absolute atomic E-state index is 0.218. The number of aryl methyl sites for hydroxylation is 1. The van der Waals surface area contributed by atoms with Gasteiger partial charge < -0.3 is 4.90 Å². The van der Waals surface area contributed by atoms with E-state index in [1.165, 1.54) is 0 Å². The normalized spacial score (nSPS) is 15.1. The van der Waals surface area contributed by atoms with Crippen LogP contribution >= 0.6 is 0 Å². The molecule has 0 saturated carbocycles. The highest BCUT2D eigenvalue weighted by Gasteiger charge is 2.24. The van der Waals surface area contributed by atoms with E-state index >= 15 is 0 Å². The van der Waals surface area contributed by atoms with Gasteiger partial charge in [0.1, 0.15) is 11.6 Å². The quantitative estimate of drug-likeness (QED) is 0.715. The molecule has 1 aliphatic heterocycles. The van der Waals surface area contributed by atoms with Crippen LogP contribution in [0.1, 0.15) is 35.8 Å². The lowest BCUT2D eigenvalue weighted by molar-refractivity contribution is -0.131. The van der Waals surface area contributed by atoms with E-state index in [1.54, 1.807) is 6.20 Å². The SMILES string of the molecule is Cc1nccn1-c1cccc(C2CCN(C(=O)Cc3ccccc3)CC2)n1. The summed E-state index contributed by atoms with van der Waals surface area (Å²) in [6.45, 7) is 3.57. The molecule has 0 bridgehead atoms. The molecule has 5 heteroatoms. The molecule has 2 aromatic heterocycles. The van der Waals surface area contributed by atoms with Gasteiger partial charge in [0.25, 0.3) is 0 Å². The molecule has 0 unspecified atom stereocenters. The third-order valence-electron chi connectivity index (χ3n) is 5.29. The van der Waals surface area contributed by atoms with Crippen molar-refractivity contribution in [3.05, 3.63) is 78.0 Å². The topological polar surface area (TPSA) is 51.0 Å². The number of hydrogen-bond donors (Lipinski definition) is 0. The second-order valence-corrected chi connectivity index (χ2v) is 7.08. The molecule has 0 N–H and O–H groups in total. The zero-order valence-corrected chi connectivity index (χ0v) is 15.6. The van der Waals surface area contributed by atoms with E-state index in [4.69, 9.17) is 4.98 Å². The van der Waals surface area contributed by atoms with Crippen molar-refractivity contribution < 1.29 is 4.79 Å². The fourth-order valence-corrected chi connectivity index (χ4v) is 3.73. The zero-order chi connectivity index (χ0) is 18.6. The van der Waals surface area contributed by atoms with Gasteiger partial charge in [0.05, 0.1) is 6.42 Å². The van der Waals surface area contributed by atoms with Crippen molar-refractivity contribution in [3.8, 4) is 5.82 Å². The van der Waals surface area contributed by atoms with E-state index in [9.17, 15) is 4.79 Å². The summed E-state index contributed by atoms with van der Waals surface area (Å²) in [5.74, 6) is 2.45. The van der Waals surface area contributed by atoms with Crippen molar-refractivity contribution in [1.29, 1.82) is 0 Å². The van der Waals surface area contributed by atoms with Gasteiger partial charge in [-0.25, -0.2) is 9.97 Å². The number of amides is 1. The van der Waals surface area contributed by atoms with Crippen molar-refractivity contribution in [2.45, 2.75) is 32.1 Å². The van der Waals surface area contributed by atoms with Gasteiger partial charge in [-0.2, -0.15) is 0 Å². The number of carbonyl (C=O) groups is 1. The maximum absolute atomic E-state index is 12.6. The van der Waals surface area contributed by atoms with Crippen molar-refractivity contribution in [3.63, 3.8) is 0 Å². The van der Waals surface area contributed by atoms with Crippen LogP contribution in [0.25, 0.3) is 5.82 Å². The number of nitrogens with zero attached hydrogens (tertiary/aromatic N) is 4. The maximum atomic E-state index is 12.6. The monoisotopic (exact) mass is 360 g/mol. The van der Waals surface area contributed by atoms with Crippen molar-refractivity contribution in [1.82, 2.24) is 19.4 Å². The lowest BCUT2D eigenvalue weighted by Crippen LogP contribution is -2.38. The van der Waals surface area contributed by atoms with Crippen LogP contribution in [0, 0.1) is 6.92 Å². The average molecular weight is 360 g/mol. The molecule has 1 aliphatic rings. The Labute approximate surface area is 159 Å². The number of rotatable bonds is 4. The molecule has 1 saturated heterocycles. The largest absolute Gasteiger partial charge is 0.342 e. The molecule has 138 valence electrons. The molecule has 0 radical (unpaired) electrons. The number of pyridine rings is 1. The fraction of sp³-hybridized carbons (Fsp3) is 0.318. The minimum Gasteiger partial charge on any atom is -0.342 e. The summed E-state index contributed by atoms with van der Waals surface area (Å²) in [5.41, 5.74) is 2.19. The molecular weight excluding hydrogens is 336 g/mol. The second kappa shape index (κ2) is 7.74. The van der Waals surface area contributed by atoms with Gasteiger partial charge in [0.15, 0.2) is 0 Å². The molecule has 27 heavy (non-hydrogen) atoms. The Morgan fingerprint density at radius 2 is 1.85 bits per heavy atom. The van der Waals surface area contributed by atoms with E-state index in [2.05, 4.69) is 17.1 Å². The van der Waals surface area contributed by atoms with Crippen molar-refractivity contribution >= 4 is 5.91 Å². The number of carbonyl (C=O) groups excluding carboxylic acids is 1. The summed E-state index contributed by atoms with van der Waals surface area (Å²) in [6, 6.07) is 16.1. The predicted molar refractivity (Wildman–Crippen MR) is 105 cm³/mol. The Bertz CT molecular complexity index is 911. The third kappa shape index (κ3) is 3.92. The first kappa shape index (κ1) is 17.5. The van der Waals surface area contributed by atoms with Gasteiger partial charge in [0.2, 0.25) is 5.91 Å². The molecule has 1 fully saturated rings. The smallest absolute Gasteiger partial charge is 0.226 e. The van der Waals surface area contributed by atoms with Gasteiger partial charge in [-0.1, -0.05) is 36.4 Å². The van der Waals surface area contributed by atoms with E-state index in [1.807, 2.05) is 59.0 Å². The van der Waals surface area contributed by atoms with E-state index in [0.29, 0.717) is 12.3 Å². The molecule has 0 aliphatic carbocycles. The van der Waals surface area contributed by atoms with Crippen LogP contribution in [-0.2, 0) is 11.2 Å². The third-order valence-corrected chi connectivity index (χ3v) is 5.29.